The van der Waals surface area contributed by atoms with E-state index in [0.717, 1.165) is 30.4 Å². The van der Waals surface area contributed by atoms with Crippen LogP contribution in [0.4, 0.5) is 0 Å². The van der Waals surface area contributed by atoms with Crippen LogP contribution in [0.1, 0.15) is 16.8 Å². The van der Waals surface area contributed by atoms with Gasteiger partial charge in [-0.3, -0.25) is 14.7 Å². The Hall–Kier alpha value is -2.45. The van der Waals surface area contributed by atoms with E-state index >= 15 is 0 Å². The Balaban J connectivity index is 1.61. The van der Waals surface area contributed by atoms with E-state index < -0.39 is 9.84 Å². The summed E-state index contributed by atoms with van der Waals surface area (Å²) >= 11 is 0. The summed E-state index contributed by atoms with van der Waals surface area (Å²) in [6.07, 6.45) is 3.52. The number of H-pyrrole nitrogens is 2. The molecule has 1 aromatic carbocycles. The summed E-state index contributed by atoms with van der Waals surface area (Å²) in [5, 5.41) is 0.907. The van der Waals surface area contributed by atoms with Crippen molar-refractivity contribution in [2.24, 2.45) is 0 Å². The van der Waals surface area contributed by atoms with Crippen molar-refractivity contribution in [3.63, 3.8) is 0 Å². The summed E-state index contributed by atoms with van der Waals surface area (Å²) in [5.74, 6) is 0. The lowest BCUT2D eigenvalue weighted by atomic mass is 10.1. The van der Waals surface area contributed by atoms with Gasteiger partial charge in [-0.15, -0.1) is 0 Å². The number of nitrogens with zero attached hydrogens (tertiary/aromatic N) is 2. The molecular formula is C17H18N4O3S. The molecule has 1 aliphatic rings. The van der Waals surface area contributed by atoms with E-state index in [-0.39, 0.29) is 10.7 Å². The lowest BCUT2D eigenvalue weighted by molar-refractivity contribution is 0.239. The molecule has 0 bridgehead atoms. The predicted octanol–water partition coefficient (Wildman–Crippen LogP) is 1.21. The van der Waals surface area contributed by atoms with Gasteiger partial charge in [0, 0.05) is 43.2 Å². The molecule has 0 radical (unpaired) electrons. The molecule has 3 aromatic rings. The van der Waals surface area contributed by atoms with Crippen LogP contribution in [-0.2, 0) is 29.3 Å². The molecule has 0 fully saturated rings. The summed E-state index contributed by atoms with van der Waals surface area (Å²) in [4.78, 5) is 24.1. The van der Waals surface area contributed by atoms with Gasteiger partial charge in [0.2, 0.25) is 15.0 Å². The third kappa shape index (κ3) is 3.10. The lowest BCUT2D eigenvalue weighted by Gasteiger charge is -2.27. The quantitative estimate of drug-likeness (QED) is 0.686. The highest BCUT2D eigenvalue weighted by Crippen LogP contribution is 2.20. The molecule has 3 heterocycles. The highest BCUT2D eigenvalue weighted by Gasteiger charge is 2.23. The van der Waals surface area contributed by atoms with Crippen molar-refractivity contribution in [1.29, 1.82) is 0 Å². The molecule has 7 nitrogen and oxygen atoms in total. The summed E-state index contributed by atoms with van der Waals surface area (Å²) in [6, 6.07) is 8.29. The number of fused-ring (bicyclic) bond motifs is 2. The topological polar surface area (TPSA) is 98.9 Å². The van der Waals surface area contributed by atoms with Gasteiger partial charge in [-0.1, -0.05) is 12.1 Å². The maximum Gasteiger partial charge on any atom is 0.255 e. The zero-order chi connectivity index (χ0) is 17.6. The number of aromatic nitrogens is 3. The average Bonchev–Trinajstić information content (AvgIpc) is 3.01. The Morgan fingerprint density at radius 3 is 2.92 bits per heavy atom. The molecule has 130 valence electrons. The number of hydrogen-bond acceptors (Lipinski definition) is 5. The first-order valence-electron chi connectivity index (χ1n) is 8.01. The summed E-state index contributed by atoms with van der Waals surface area (Å²) in [7, 11) is -3.54. The van der Waals surface area contributed by atoms with E-state index in [4.69, 9.17) is 0 Å². The first-order chi connectivity index (χ1) is 11.9. The molecule has 0 saturated carbocycles. The predicted molar refractivity (Wildman–Crippen MR) is 94.1 cm³/mol. The number of nitrogens with one attached hydrogen (secondary N) is 2. The van der Waals surface area contributed by atoms with Gasteiger partial charge in [0.1, 0.15) is 0 Å². The molecule has 2 N–H and O–H groups in total. The number of hydrogen-bond donors (Lipinski definition) is 2. The molecule has 0 unspecified atom stereocenters. The molecular weight excluding hydrogens is 340 g/mol. The van der Waals surface area contributed by atoms with Crippen LogP contribution in [0.2, 0.25) is 0 Å². The van der Waals surface area contributed by atoms with Gasteiger partial charge in [-0.25, -0.2) is 13.4 Å². The lowest BCUT2D eigenvalue weighted by Crippen LogP contribution is -2.35. The molecule has 2 aromatic heterocycles. The zero-order valence-corrected chi connectivity index (χ0v) is 14.6. The fourth-order valence-electron chi connectivity index (χ4n) is 3.23. The molecule has 0 spiro atoms. The van der Waals surface area contributed by atoms with Gasteiger partial charge in [-0.2, -0.15) is 0 Å². The molecule has 25 heavy (non-hydrogen) atoms. The van der Waals surface area contributed by atoms with Gasteiger partial charge in [0.15, 0.2) is 0 Å². The van der Waals surface area contributed by atoms with E-state index in [1.165, 1.54) is 5.39 Å². The Kier molecular flexibility index (Phi) is 3.73. The summed E-state index contributed by atoms with van der Waals surface area (Å²) in [6.45, 7) is 1.92. The van der Waals surface area contributed by atoms with Crippen LogP contribution in [0.5, 0.6) is 0 Å². The second-order valence-electron chi connectivity index (χ2n) is 6.43. The monoisotopic (exact) mass is 358 g/mol. The molecule has 8 heteroatoms. The standard InChI is InChI=1S/C17H18N4O3S/c1-25(23,24)17-19-15-10-21(7-5-13(15)16(22)20-17)9-11-2-3-12-4-6-18-14(12)8-11/h2-4,6,8,18H,5,7,9-10H2,1H3,(H,19,20,22). The second kappa shape index (κ2) is 5.82. The average molecular weight is 358 g/mol. The third-order valence-electron chi connectivity index (χ3n) is 4.51. The van der Waals surface area contributed by atoms with Gasteiger partial charge >= 0.3 is 0 Å². The first kappa shape index (κ1) is 16.0. The first-order valence-corrected chi connectivity index (χ1v) is 9.90. The second-order valence-corrected chi connectivity index (χ2v) is 8.36. The van der Waals surface area contributed by atoms with Crippen LogP contribution in [0.25, 0.3) is 10.9 Å². The highest BCUT2D eigenvalue weighted by molar-refractivity contribution is 7.90. The fraction of sp³-hybridized carbons (Fsp3) is 0.294. The van der Waals surface area contributed by atoms with Crippen molar-refractivity contribution < 1.29 is 8.42 Å². The number of sulfone groups is 1. The van der Waals surface area contributed by atoms with Crippen LogP contribution in [0, 0.1) is 0 Å². The van der Waals surface area contributed by atoms with Crippen molar-refractivity contribution in [1.82, 2.24) is 19.9 Å². The van der Waals surface area contributed by atoms with Gasteiger partial charge in [-0.05, 0) is 29.5 Å². The SMILES string of the molecule is CS(=O)(=O)c1nc2c(c(=O)[nH]1)CCN(Cc1ccc3cc[nH]c3c1)C2. The van der Waals surface area contributed by atoms with Crippen LogP contribution in [0.15, 0.2) is 40.4 Å². The van der Waals surface area contributed by atoms with Crippen molar-refractivity contribution in [3.05, 3.63) is 57.6 Å². The van der Waals surface area contributed by atoms with E-state index in [1.54, 1.807) is 0 Å². The van der Waals surface area contributed by atoms with Crippen LogP contribution in [0.3, 0.4) is 0 Å². The molecule has 0 saturated heterocycles. The zero-order valence-electron chi connectivity index (χ0n) is 13.7. The summed E-state index contributed by atoms with van der Waals surface area (Å²) < 4.78 is 23.4. The van der Waals surface area contributed by atoms with E-state index in [9.17, 15) is 13.2 Å². The van der Waals surface area contributed by atoms with Gasteiger partial charge in [0.25, 0.3) is 5.56 Å². The fourth-order valence-corrected chi connectivity index (χ4v) is 3.79. The molecule has 1 aliphatic heterocycles. The normalized spacial score (nSPS) is 15.4. The van der Waals surface area contributed by atoms with Gasteiger partial charge < -0.3 is 4.98 Å². The number of rotatable bonds is 3. The Morgan fingerprint density at radius 1 is 1.28 bits per heavy atom. The molecule has 0 amide bonds. The van der Waals surface area contributed by atoms with Crippen molar-refractivity contribution >= 4 is 20.7 Å². The molecule has 0 atom stereocenters. The van der Waals surface area contributed by atoms with E-state index in [2.05, 4.69) is 38.1 Å². The van der Waals surface area contributed by atoms with Crippen molar-refractivity contribution in [2.45, 2.75) is 24.7 Å². The maximum atomic E-state index is 12.1. The van der Waals surface area contributed by atoms with E-state index in [1.807, 2.05) is 12.3 Å². The third-order valence-corrected chi connectivity index (χ3v) is 5.40. The van der Waals surface area contributed by atoms with Crippen LogP contribution >= 0.6 is 0 Å². The van der Waals surface area contributed by atoms with Crippen LogP contribution < -0.4 is 5.56 Å². The summed E-state index contributed by atoms with van der Waals surface area (Å²) in [5.41, 5.74) is 3.04. The van der Waals surface area contributed by atoms with Crippen molar-refractivity contribution in [2.75, 3.05) is 12.8 Å². The smallest absolute Gasteiger partial charge is 0.255 e. The number of aromatic amines is 2. The van der Waals surface area contributed by atoms with Crippen LogP contribution in [-0.4, -0.2) is 41.1 Å². The minimum atomic E-state index is -3.54. The van der Waals surface area contributed by atoms with Crippen molar-refractivity contribution in [3.8, 4) is 0 Å². The van der Waals surface area contributed by atoms with E-state index in [0.29, 0.717) is 24.2 Å². The minimum absolute atomic E-state index is 0.258. The Morgan fingerprint density at radius 2 is 2.12 bits per heavy atom. The number of benzene rings is 1. The molecule has 4 rings (SSSR count). The maximum absolute atomic E-state index is 12.1. The van der Waals surface area contributed by atoms with Gasteiger partial charge in [0.05, 0.1) is 5.69 Å². The highest BCUT2D eigenvalue weighted by atomic mass is 32.2. The molecule has 0 aliphatic carbocycles. The minimum Gasteiger partial charge on any atom is -0.361 e. The Bertz CT molecular complexity index is 1110. The Labute approximate surface area is 144 Å². The largest absolute Gasteiger partial charge is 0.361 e.